The molecule has 17 heavy (non-hydrogen) atoms. The number of amides is 2. The molecule has 0 aliphatic carbocycles. The molecule has 1 rings (SSSR count). The van der Waals surface area contributed by atoms with Crippen LogP contribution in [0, 0.1) is 5.92 Å². The monoisotopic (exact) mass is 300 g/mol. The van der Waals surface area contributed by atoms with Gasteiger partial charge in [0.1, 0.15) is 5.75 Å². The van der Waals surface area contributed by atoms with E-state index in [1.165, 1.54) is 0 Å². The van der Waals surface area contributed by atoms with Gasteiger partial charge in [-0.25, -0.2) is 4.79 Å². The van der Waals surface area contributed by atoms with Crippen LogP contribution >= 0.6 is 15.9 Å². The van der Waals surface area contributed by atoms with E-state index in [9.17, 15) is 4.79 Å². The molecule has 0 unspecified atom stereocenters. The molecule has 0 aliphatic rings. The second-order valence-electron chi connectivity index (χ2n) is 4.07. The fourth-order valence-corrected chi connectivity index (χ4v) is 1.60. The third-order valence-electron chi connectivity index (χ3n) is 2.08. The lowest BCUT2D eigenvalue weighted by atomic mass is 10.2. The predicted molar refractivity (Wildman–Crippen MR) is 72.6 cm³/mol. The topological polar surface area (TPSA) is 50.4 Å². The highest BCUT2D eigenvalue weighted by Crippen LogP contribution is 2.27. The minimum atomic E-state index is -0.227. The first kappa shape index (κ1) is 13.8. The molecule has 0 aromatic heterocycles. The zero-order valence-corrected chi connectivity index (χ0v) is 11.8. The smallest absolute Gasteiger partial charge is 0.319 e. The van der Waals surface area contributed by atoms with Gasteiger partial charge in [-0.2, -0.15) is 0 Å². The van der Waals surface area contributed by atoms with Gasteiger partial charge in [-0.05, 0) is 24.1 Å². The maximum atomic E-state index is 11.6. The summed E-state index contributed by atoms with van der Waals surface area (Å²) in [6.45, 7) is 4.72. The fourth-order valence-electron chi connectivity index (χ4n) is 1.24. The van der Waals surface area contributed by atoms with Crippen molar-refractivity contribution in [1.82, 2.24) is 5.32 Å². The number of rotatable bonds is 4. The summed E-state index contributed by atoms with van der Waals surface area (Å²) in [7, 11) is 1.57. The minimum Gasteiger partial charge on any atom is -0.495 e. The van der Waals surface area contributed by atoms with Crippen LogP contribution in [0.1, 0.15) is 13.8 Å². The molecule has 0 atom stereocenters. The maximum absolute atomic E-state index is 11.6. The third-order valence-corrected chi connectivity index (χ3v) is 2.57. The maximum Gasteiger partial charge on any atom is 0.319 e. The first-order valence-corrected chi connectivity index (χ1v) is 6.20. The molecule has 0 saturated heterocycles. The molecule has 0 fully saturated rings. The van der Waals surface area contributed by atoms with Crippen molar-refractivity contribution in [2.75, 3.05) is 19.0 Å². The van der Waals surface area contributed by atoms with Crippen molar-refractivity contribution in [2.24, 2.45) is 5.92 Å². The molecule has 1 aromatic rings. The number of carbonyl (C=O) groups excluding carboxylic acids is 1. The lowest BCUT2D eigenvalue weighted by molar-refractivity contribution is 0.250. The van der Waals surface area contributed by atoms with Crippen LogP contribution < -0.4 is 15.4 Å². The van der Waals surface area contributed by atoms with Gasteiger partial charge < -0.3 is 15.4 Å². The van der Waals surface area contributed by atoms with Gasteiger partial charge in [0, 0.05) is 11.0 Å². The van der Waals surface area contributed by atoms with Crippen LogP contribution in [-0.4, -0.2) is 19.7 Å². The van der Waals surface area contributed by atoms with Crippen LogP contribution in [0.5, 0.6) is 5.75 Å². The average molecular weight is 301 g/mol. The number of hydrogen-bond acceptors (Lipinski definition) is 2. The third kappa shape index (κ3) is 4.65. The molecule has 0 aliphatic heterocycles. The molecule has 0 spiro atoms. The van der Waals surface area contributed by atoms with E-state index in [4.69, 9.17) is 4.74 Å². The zero-order valence-electron chi connectivity index (χ0n) is 10.2. The molecular formula is C12H17BrN2O2. The van der Waals surface area contributed by atoms with Gasteiger partial charge in [0.2, 0.25) is 0 Å². The van der Waals surface area contributed by atoms with Gasteiger partial charge in [-0.3, -0.25) is 0 Å². The van der Waals surface area contributed by atoms with Gasteiger partial charge in [-0.15, -0.1) is 0 Å². The average Bonchev–Trinajstić information content (AvgIpc) is 2.27. The Morgan fingerprint density at radius 2 is 2.18 bits per heavy atom. The van der Waals surface area contributed by atoms with E-state index in [0.29, 0.717) is 23.9 Å². The molecule has 0 saturated carbocycles. The highest BCUT2D eigenvalue weighted by molar-refractivity contribution is 9.10. The van der Waals surface area contributed by atoms with E-state index in [-0.39, 0.29) is 6.03 Å². The van der Waals surface area contributed by atoms with Crippen molar-refractivity contribution in [1.29, 1.82) is 0 Å². The molecular weight excluding hydrogens is 284 g/mol. The molecule has 2 N–H and O–H groups in total. The highest BCUT2D eigenvalue weighted by atomic mass is 79.9. The predicted octanol–water partition coefficient (Wildman–Crippen LogP) is 3.24. The summed E-state index contributed by atoms with van der Waals surface area (Å²) in [5, 5.41) is 5.53. The van der Waals surface area contributed by atoms with Crippen LogP contribution in [0.4, 0.5) is 10.5 Å². The Labute approximate surface area is 110 Å². The number of ether oxygens (including phenoxy) is 1. The van der Waals surface area contributed by atoms with E-state index in [2.05, 4.69) is 26.6 Å². The van der Waals surface area contributed by atoms with Crippen LogP contribution in [0.3, 0.4) is 0 Å². The van der Waals surface area contributed by atoms with Crippen LogP contribution in [0.2, 0.25) is 0 Å². The number of benzene rings is 1. The van der Waals surface area contributed by atoms with Gasteiger partial charge in [0.25, 0.3) is 0 Å². The Kier molecular flexibility index (Phi) is 5.28. The summed E-state index contributed by atoms with van der Waals surface area (Å²) in [6.07, 6.45) is 0. The van der Waals surface area contributed by atoms with E-state index in [0.717, 1.165) is 4.47 Å². The van der Waals surface area contributed by atoms with Gasteiger partial charge in [0.05, 0.1) is 12.8 Å². The SMILES string of the molecule is COc1ccc(Br)cc1NC(=O)NCC(C)C. The van der Waals surface area contributed by atoms with Crippen LogP contribution in [0.25, 0.3) is 0 Å². The van der Waals surface area contributed by atoms with Crippen LogP contribution in [-0.2, 0) is 0 Å². The van der Waals surface area contributed by atoms with Crippen molar-refractivity contribution in [3.63, 3.8) is 0 Å². The number of nitrogens with one attached hydrogen (secondary N) is 2. The quantitative estimate of drug-likeness (QED) is 0.897. The van der Waals surface area contributed by atoms with E-state index in [1.807, 2.05) is 19.9 Å². The molecule has 0 radical (unpaired) electrons. The summed E-state index contributed by atoms with van der Waals surface area (Å²) in [5.74, 6) is 1.05. The number of methoxy groups -OCH3 is 1. The standard InChI is InChI=1S/C12H17BrN2O2/c1-8(2)7-14-12(16)15-10-6-9(13)4-5-11(10)17-3/h4-6,8H,7H2,1-3H3,(H2,14,15,16). The van der Waals surface area contributed by atoms with Gasteiger partial charge in [0.15, 0.2) is 0 Å². The van der Waals surface area contributed by atoms with Crippen molar-refractivity contribution >= 4 is 27.6 Å². The normalized spacial score (nSPS) is 10.2. The molecule has 1 aromatic carbocycles. The summed E-state index contributed by atoms with van der Waals surface area (Å²) in [5.41, 5.74) is 0.642. The number of urea groups is 1. The van der Waals surface area contributed by atoms with E-state index < -0.39 is 0 Å². The number of halogens is 1. The molecule has 5 heteroatoms. The van der Waals surface area contributed by atoms with Crippen molar-refractivity contribution < 1.29 is 9.53 Å². The Morgan fingerprint density at radius 3 is 2.76 bits per heavy atom. The molecule has 4 nitrogen and oxygen atoms in total. The molecule has 0 bridgehead atoms. The molecule has 0 heterocycles. The van der Waals surface area contributed by atoms with Crippen molar-refractivity contribution in [3.8, 4) is 5.75 Å². The second kappa shape index (κ2) is 6.49. The van der Waals surface area contributed by atoms with E-state index >= 15 is 0 Å². The Balaban J connectivity index is 2.66. The largest absolute Gasteiger partial charge is 0.495 e. The summed E-state index contributed by atoms with van der Waals surface area (Å²) < 4.78 is 6.05. The zero-order chi connectivity index (χ0) is 12.8. The number of hydrogen-bond donors (Lipinski definition) is 2. The van der Waals surface area contributed by atoms with Crippen LogP contribution in [0.15, 0.2) is 22.7 Å². The Hall–Kier alpha value is -1.23. The Bertz CT molecular complexity index is 394. The van der Waals surface area contributed by atoms with Crippen molar-refractivity contribution in [3.05, 3.63) is 22.7 Å². The Morgan fingerprint density at radius 1 is 1.47 bits per heavy atom. The van der Waals surface area contributed by atoms with E-state index in [1.54, 1.807) is 19.2 Å². The molecule has 94 valence electrons. The fraction of sp³-hybridized carbons (Fsp3) is 0.417. The molecule has 2 amide bonds. The summed E-state index contributed by atoms with van der Waals surface area (Å²) >= 11 is 3.35. The first-order chi connectivity index (χ1) is 8.02. The highest BCUT2D eigenvalue weighted by Gasteiger charge is 2.07. The van der Waals surface area contributed by atoms with Crippen molar-refractivity contribution in [2.45, 2.75) is 13.8 Å². The van der Waals surface area contributed by atoms with Gasteiger partial charge >= 0.3 is 6.03 Å². The number of anilines is 1. The summed E-state index contributed by atoms with van der Waals surface area (Å²) in [4.78, 5) is 11.6. The lowest BCUT2D eigenvalue weighted by Crippen LogP contribution is -2.31. The number of carbonyl (C=O) groups is 1. The van der Waals surface area contributed by atoms with Gasteiger partial charge in [-0.1, -0.05) is 29.8 Å². The summed E-state index contributed by atoms with van der Waals surface area (Å²) in [6, 6.07) is 5.22. The lowest BCUT2D eigenvalue weighted by Gasteiger charge is -2.12. The first-order valence-electron chi connectivity index (χ1n) is 5.41. The minimum absolute atomic E-state index is 0.227. The second-order valence-corrected chi connectivity index (χ2v) is 4.99.